The number of methoxy groups -OCH3 is 1. The van der Waals surface area contributed by atoms with Crippen molar-refractivity contribution >= 4 is 33.6 Å². The maximum atomic E-state index is 12.7. The van der Waals surface area contributed by atoms with Crippen molar-refractivity contribution < 1.29 is 9.53 Å². The highest BCUT2D eigenvalue weighted by Crippen LogP contribution is 2.25. The smallest absolute Gasteiger partial charge is 0.254 e. The molecular formula is C15H20BrNO2S. The van der Waals surface area contributed by atoms with Crippen LogP contribution >= 0.6 is 27.7 Å². The largest absolute Gasteiger partial charge is 0.383 e. The van der Waals surface area contributed by atoms with Gasteiger partial charge in [-0.2, -0.15) is 11.8 Å². The van der Waals surface area contributed by atoms with Crippen LogP contribution in [0, 0.1) is 6.92 Å². The molecular weight excluding hydrogens is 338 g/mol. The lowest BCUT2D eigenvalue weighted by molar-refractivity contribution is 0.0624. The fraction of sp³-hybridized carbons (Fsp3) is 0.533. The molecule has 0 aromatic heterocycles. The monoisotopic (exact) mass is 357 g/mol. The van der Waals surface area contributed by atoms with E-state index < -0.39 is 0 Å². The van der Waals surface area contributed by atoms with E-state index >= 15 is 0 Å². The van der Waals surface area contributed by atoms with Gasteiger partial charge in [0.1, 0.15) is 0 Å². The highest BCUT2D eigenvalue weighted by atomic mass is 79.9. The second-order valence-corrected chi connectivity index (χ2v) is 6.98. The molecule has 0 N–H and O–H groups in total. The van der Waals surface area contributed by atoms with E-state index in [1.165, 1.54) is 0 Å². The molecule has 1 saturated heterocycles. The summed E-state index contributed by atoms with van der Waals surface area (Å²) in [5, 5.41) is 0. The normalized spacial score (nSPS) is 18.2. The molecule has 0 bridgehead atoms. The number of carbonyl (C=O) groups excluding carboxylic acids is 1. The predicted octanol–water partition coefficient (Wildman–Crippen LogP) is 3.35. The van der Waals surface area contributed by atoms with E-state index in [1.807, 2.05) is 41.8 Å². The Labute approximate surface area is 133 Å². The molecule has 1 heterocycles. The van der Waals surface area contributed by atoms with Crippen LogP contribution in [-0.4, -0.2) is 48.6 Å². The molecule has 2 rings (SSSR count). The van der Waals surface area contributed by atoms with Gasteiger partial charge >= 0.3 is 0 Å². The zero-order chi connectivity index (χ0) is 14.5. The van der Waals surface area contributed by atoms with Gasteiger partial charge in [0.05, 0.1) is 6.61 Å². The van der Waals surface area contributed by atoms with Crippen LogP contribution in [0.4, 0.5) is 0 Å². The first-order valence-electron chi connectivity index (χ1n) is 6.77. The highest BCUT2D eigenvalue weighted by molar-refractivity contribution is 9.10. The lowest BCUT2D eigenvalue weighted by Gasteiger charge is -2.28. The van der Waals surface area contributed by atoms with Gasteiger partial charge in [0, 0.05) is 35.5 Å². The Hall–Kier alpha value is -0.520. The van der Waals surface area contributed by atoms with Gasteiger partial charge in [-0.15, -0.1) is 0 Å². The Morgan fingerprint density at radius 3 is 2.95 bits per heavy atom. The summed E-state index contributed by atoms with van der Waals surface area (Å²) in [6, 6.07) is 6.14. The summed E-state index contributed by atoms with van der Waals surface area (Å²) < 4.78 is 6.13. The standard InChI is InChI=1S/C15H20BrNO2S/c1-11-3-4-12(9-14(11)16)15(18)17(6-7-19-2)13-5-8-20-10-13/h3-4,9,13H,5-8,10H2,1-2H3. The SMILES string of the molecule is COCCN(C(=O)c1ccc(C)c(Br)c1)C1CCSC1. The van der Waals surface area contributed by atoms with Crippen LogP contribution in [0.2, 0.25) is 0 Å². The number of ether oxygens (including phenoxy) is 1. The number of carbonyl (C=O) groups is 1. The summed E-state index contributed by atoms with van der Waals surface area (Å²) in [5.41, 5.74) is 1.89. The fourth-order valence-electron chi connectivity index (χ4n) is 2.30. The van der Waals surface area contributed by atoms with Crippen LogP contribution in [0.1, 0.15) is 22.3 Å². The number of hydrogen-bond acceptors (Lipinski definition) is 3. The van der Waals surface area contributed by atoms with Gasteiger partial charge in [0.25, 0.3) is 5.91 Å². The number of halogens is 1. The van der Waals surface area contributed by atoms with Crippen molar-refractivity contribution in [1.29, 1.82) is 0 Å². The molecule has 1 amide bonds. The van der Waals surface area contributed by atoms with E-state index in [4.69, 9.17) is 4.74 Å². The maximum absolute atomic E-state index is 12.7. The van der Waals surface area contributed by atoms with Crippen molar-refractivity contribution in [2.75, 3.05) is 31.8 Å². The zero-order valence-electron chi connectivity index (χ0n) is 11.9. The van der Waals surface area contributed by atoms with E-state index in [0.717, 1.165) is 33.5 Å². The Bertz CT molecular complexity index is 475. The molecule has 0 spiro atoms. The summed E-state index contributed by atoms with van der Waals surface area (Å²) in [7, 11) is 1.68. The third kappa shape index (κ3) is 3.77. The summed E-state index contributed by atoms with van der Waals surface area (Å²) in [4.78, 5) is 14.7. The van der Waals surface area contributed by atoms with E-state index in [2.05, 4.69) is 15.9 Å². The van der Waals surface area contributed by atoms with Crippen molar-refractivity contribution in [3.05, 3.63) is 33.8 Å². The molecule has 0 aliphatic carbocycles. The lowest BCUT2D eigenvalue weighted by Crippen LogP contribution is -2.42. The molecule has 110 valence electrons. The average Bonchev–Trinajstić information content (AvgIpc) is 2.96. The van der Waals surface area contributed by atoms with E-state index in [0.29, 0.717) is 19.2 Å². The molecule has 1 fully saturated rings. The molecule has 0 saturated carbocycles. The summed E-state index contributed by atoms with van der Waals surface area (Å²) >= 11 is 5.42. The fourth-order valence-corrected chi connectivity index (χ4v) is 3.90. The van der Waals surface area contributed by atoms with E-state index in [-0.39, 0.29) is 5.91 Å². The predicted molar refractivity (Wildman–Crippen MR) is 87.5 cm³/mol. The topological polar surface area (TPSA) is 29.5 Å². The third-order valence-electron chi connectivity index (χ3n) is 3.56. The van der Waals surface area contributed by atoms with Gasteiger partial charge in [-0.05, 0) is 36.8 Å². The summed E-state index contributed by atoms with van der Waals surface area (Å²) in [6.45, 7) is 3.26. The molecule has 1 aliphatic heterocycles. The number of hydrogen-bond donors (Lipinski definition) is 0. The van der Waals surface area contributed by atoms with E-state index in [9.17, 15) is 4.79 Å². The number of aryl methyl sites for hydroxylation is 1. The number of nitrogens with zero attached hydrogens (tertiary/aromatic N) is 1. The Kier molecular flexibility index (Phi) is 5.93. The molecule has 1 aliphatic rings. The van der Waals surface area contributed by atoms with Gasteiger partial charge in [-0.3, -0.25) is 4.79 Å². The van der Waals surface area contributed by atoms with Crippen LogP contribution in [0.3, 0.4) is 0 Å². The summed E-state index contributed by atoms with van der Waals surface area (Å²) in [5.74, 6) is 2.27. The van der Waals surface area contributed by atoms with Gasteiger partial charge in [0.15, 0.2) is 0 Å². The van der Waals surface area contributed by atoms with Gasteiger partial charge in [-0.25, -0.2) is 0 Å². The minimum absolute atomic E-state index is 0.107. The molecule has 5 heteroatoms. The van der Waals surface area contributed by atoms with Crippen LogP contribution in [0.15, 0.2) is 22.7 Å². The van der Waals surface area contributed by atoms with Gasteiger partial charge in [0.2, 0.25) is 0 Å². The number of rotatable bonds is 5. The molecule has 3 nitrogen and oxygen atoms in total. The molecule has 20 heavy (non-hydrogen) atoms. The highest BCUT2D eigenvalue weighted by Gasteiger charge is 2.27. The van der Waals surface area contributed by atoms with Crippen LogP contribution in [0.5, 0.6) is 0 Å². The van der Waals surface area contributed by atoms with E-state index in [1.54, 1.807) is 7.11 Å². The first-order valence-corrected chi connectivity index (χ1v) is 8.72. The Morgan fingerprint density at radius 2 is 2.35 bits per heavy atom. The average molecular weight is 358 g/mol. The molecule has 1 aromatic carbocycles. The number of benzene rings is 1. The first-order chi connectivity index (χ1) is 9.63. The number of amides is 1. The molecule has 1 atom stereocenters. The minimum atomic E-state index is 0.107. The third-order valence-corrected chi connectivity index (χ3v) is 5.56. The van der Waals surface area contributed by atoms with Crippen molar-refractivity contribution in [3.63, 3.8) is 0 Å². The zero-order valence-corrected chi connectivity index (χ0v) is 14.3. The number of thioether (sulfide) groups is 1. The van der Waals surface area contributed by atoms with Crippen molar-refractivity contribution in [1.82, 2.24) is 4.90 Å². The van der Waals surface area contributed by atoms with Crippen LogP contribution < -0.4 is 0 Å². The molecule has 1 unspecified atom stereocenters. The van der Waals surface area contributed by atoms with Crippen molar-refractivity contribution in [3.8, 4) is 0 Å². The first kappa shape index (κ1) is 15.9. The van der Waals surface area contributed by atoms with Crippen molar-refractivity contribution in [2.24, 2.45) is 0 Å². The Balaban J connectivity index is 2.17. The summed E-state index contributed by atoms with van der Waals surface area (Å²) in [6.07, 6.45) is 1.08. The molecule has 0 radical (unpaired) electrons. The Morgan fingerprint density at radius 1 is 1.55 bits per heavy atom. The maximum Gasteiger partial charge on any atom is 0.254 e. The van der Waals surface area contributed by atoms with Gasteiger partial charge < -0.3 is 9.64 Å². The molecule has 1 aromatic rings. The lowest BCUT2D eigenvalue weighted by atomic mass is 10.1. The quantitative estimate of drug-likeness (QED) is 0.809. The van der Waals surface area contributed by atoms with Crippen LogP contribution in [-0.2, 0) is 4.74 Å². The second kappa shape index (κ2) is 7.48. The van der Waals surface area contributed by atoms with Crippen molar-refractivity contribution in [2.45, 2.75) is 19.4 Å². The minimum Gasteiger partial charge on any atom is -0.383 e. The van der Waals surface area contributed by atoms with Crippen LogP contribution in [0.25, 0.3) is 0 Å². The second-order valence-electron chi connectivity index (χ2n) is 4.97. The van der Waals surface area contributed by atoms with Gasteiger partial charge in [-0.1, -0.05) is 22.0 Å².